The van der Waals surface area contributed by atoms with E-state index >= 15 is 0 Å². The van der Waals surface area contributed by atoms with Crippen LogP contribution in [0, 0.1) is 5.92 Å². The number of nitrogens with zero attached hydrogens (tertiary/aromatic N) is 1. The number of aliphatic hydroxyl groups is 1. The number of carbonyl (C=O) groups excluding carboxylic acids is 1. The van der Waals surface area contributed by atoms with Crippen LogP contribution in [-0.4, -0.2) is 24.7 Å². The highest BCUT2D eigenvalue weighted by molar-refractivity contribution is 5.99. The highest BCUT2D eigenvalue weighted by atomic mass is 16.3. The topological polar surface area (TPSA) is 61.7 Å². The summed E-state index contributed by atoms with van der Waals surface area (Å²) in [6, 6.07) is 18.3. The summed E-state index contributed by atoms with van der Waals surface area (Å²) in [5.41, 5.74) is 7.25. The molecule has 1 aliphatic rings. The third-order valence-corrected chi connectivity index (χ3v) is 6.20. The Kier molecular flexibility index (Phi) is 6.24. The molecule has 1 unspecified atom stereocenters. The van der Waals surface area contributed by atoms with E-state index < -0.39 is 6.10 Å². The van der Waals surface area contributed by atoms with Crippen molar-refractivity contribution in [2.45, 2.75) is 38.2 Å². The second-order valence-corrected chi connectivity index (χ2v) is 8.07. The van der Waals surface area contributed by atoms with E-state index in [1.807, 2.05) is 24.3 Å². The smallest absolute Gasteiger partial charge is 0.150 e. The van der Waals surface area contributed by atoms with E-state index in [9.17, 15) is 9.90 Å². The van der Waals surface area contributed by atoms with Gasteiger partial charge in [0, 0.05) is 18.2 Å². The molecule has 0 aliphatic heterocycles. The summed E-state index contributed by atoms with van der Waals surface area (Å²) in [6.07, 6.45) is 8.06. The van der Waals surface area contributed by atoms with Gasteiger partial charge < -0.3 is 10.5 Å². The molecular weight excluding hydrogens is 372 g/mol. The summed E-state index contributed by atoms with van der Waals surface area (Å²) in [7, 11) is 1.73. The number of fused-ring (bicyclic) bond motifs is 1. The number of nitrogens with one attached hydrogen (secondary N) is 1. The zero-order valence-electron chi connectivity index (χ0n) is 17.3. The van der Waals surface area contributed by atoms with Crippen LogP contribution in [-0.2, 0) is 0 Å². The molecule has 1 saturated carbocycles. The molecule has 4 rings (SSSR count). The average molecular weight is 401 g/mol. The highest BCUT2D eigenvalue weighted by Crippen LogP contribution is 2.37. The van der Waals surface area contributed by atoms with E-state index in [1.54, 1.807) is 13.3 Å². The van der Waals surface area contributed by atoms with Crippen LogP contribution in [0.25, 0.3) is 21.9 Å². The number of rotatable bonds is 6. The van der Waals surface area contributed by atoms with Gasteiger partial charge in [0.15, 0.2) is 6.29 Å². The summed E-state index contributed by atoms with van der Waals surface area (Å²) in [5.74, 6) is 0.365. The van der Waals surface area contributed by atoms with Crippen LogP contribution in [0.1, 0.15) is 59.7 Å². The molecule has 0 bridgehead atoms. The summed E-state index contributed by atoms with van der Waals surface area (Å²) < 4.78 is 0. The Hall–Kier alpha value is -2.98. The van der Waals surface area contributed by atoms with Gasteiger partial charge in [0.2, 0.25) is 0 Å². The Morgan fingerprint density at radius 2 is 1.87 bits per heavy atom. The molecule has 0 saturated heterocycles. The maximum atomic E-state index is 11.4. The van der Waals surface area contributed by atoms with Gasteiger partial charge in [0.05, 0.1) is 12.3 Å². The average Bonchev–Trinajstić information content (AvgIpc) is 2.81. The molecule has 4 nitrogen and oxygen atoms in total. The quantitative estimate of drug-likeness (QED) is 0.327. The number of aliphatic hydroxyl groups excluding tert-OH is 1. The number of carbonyl (C=O) groups is 1. The van der Waals surface area contributed by atoms with E-state index in [0.29, 0.717) is 11.5 Å². The van der Waals surface area contributed by atoms with Crippen LogP contribution >= 0.6 is 0 Å². The number of benzene rings is 3. The second kappa shape index (κ2) is 9.23. The van der Waals surface area contributed by atoms with Crippen molar-refractivity contribution in [3.8, 4) is 11.1 Å². The summed E-state index contributed by atoms with van der Waals surface area (Å²) in [5, 5.41) is 17.2. The van der Waals surface area contributed by atoms with Crippen molar-refractivity contribution < 1.29 is 9.90 Å². The molecule has 154 valence electrons. The zero-order chi connectivity index (χ0) is 20.9. The first-order valence-electron chi connectivity index (χ1n) is 10.7. The van der Waals surface area contributed by atoms with E-state index in [0.717, 1.165) is 52.2 Å². The van der Waals surface area contributed by atoms with Gasteiger partial charge in [-0.3, -0.25) is 4.79 Å². The summed E-state index contributed by atoms with van der Waals surface area (Å²) in [4.78, 5) is 11.4. The van der Waals surface area contributed by atoms with Crippen LogP contribution in [0.4, 0.5) is 0 Å². The molecule has 0 spiro atoms. The Morgan fingerprint density at radius 3 is 2.63 bits per heavy atom. The normalized spacial score (nSPS) is 16.1. The van der Waals surface area contributed by atoms with Crippen molar-refractivity contribution in [1.82, 2.24) is 5.43 Å². The molecular formula is C26H28N2O2. The van der Waals surface area contributed by atoms with Gasteiger partial charge in [-0.2, -0.15) is 5.10 Å². The van der Waals surface area contributed by atoms with E-state index in [2.05, 4.69) is 40.9 Å². The van der Waals surface area contributed by atoms with Crippen molar-refractivity contribution in [1.29, 1.82) is 0 Å². The maximum absolute atomic E-state index is 11.4. The van der Waals surface area contributed by atoms with Gasteiger partial charge in [-0.15, -0.1) is 0 Å². The lowest BCUT2D eigenvalue weighted by molar-refractivity contribution is 0.0849. The predicted octanol–water partition coefficient (Wildman–Crippen LogP) is 5.49. The predicted molar refractivity (Wildman–Crippen MR) is 123 cm³/mol. The minimum atomic E-state index is -0.394. The van der Waals surface area contributed by atoms with Crippen LogP contribution < -0.4 is 5.43 Å². The Morgan fingerprint density at radius 1 is 1.03 bits per heavy atom. The lowest BCUT2D eigenvalue weighted by atomic mass is 9.82. The summed E-state index contributed by atoms with van der Waals surface area (Å²) in [6.45, 7) is 0. The number of aldehydes is 1. The molecule has 30 heavy (non-hydrogen) atoms. The molecule has 0 aromatic heterocycles. The van der Waals surface area contributed by atoms with Crippen molar-refractivity contribution in [3.05, 3.63) is 71.3 Å². The van der Waals surface area contributed by atoms with Crippen molar-refractivity contribution >= 4 is 23.3 Å². The van der Waals surface area contributed by atoms with Crippen molar-refractivity contribution in [2.75, 3.05) is 7.05 Å². The Bertz CT molecular complexity index is 1070. The lowest BCUT2D eigenvalue weighted by Crippen LogP contribution is -2.15. The van der Waals surface area contributed by atoms with Crippen molar-refractivity contribution in [2.24, 2.45) is 11.0 Å². The molecule has 0 amide bonds. The number of hydrazone groups is 1. The molecule has 4 heteroatoms. The fraction of sp³-hybridized carbons (Fsp3) is 0.308. The fourth-order valence-electron chi connectivity index (χ4n) is 4.56. The Labute approximate surface area is 177 Å². The third kappa shape index (κ3) is 4.14. The first-order valence-corrected chi connectivity index (χ1v) is 10.7. The number of hydrogen-bond donors (Lipinski definition) is 2. The summed E-state index contributed by atoms with van der Waals surface area (Å²) >= 11 is 0. The molecule has 0 radical (unpaired) electrons. The van der Waals surface area contributed by atoms with E-state index in [4.69, 9.17) is 0 Å². The van der Waals surface area contributed by atoms with Crippen LogP contribution in [0.3, 0.4) is 0 Å². The Balaban J connectivity index is 1.72. The van der Waals surface area contributed by atoms with Crippen molar-refractivity contribution in [3.63, 3.8) is 0 Å². The fourth-order valence-corrected chi connectivity index (χ4v) is 4.56. The minimum Gasteiger partial charge on any atom is -0.388 e. The van der Waals surface area contributed by atoms with E-state index in [1.165, 1.54) is 19.3 Å². The van der Waals surface area contributed by atoms with Crippen LogP contribution in [0.2, 0.25) is 0 Å². The molecule has 3 aromatic carbocycles. The molecule has 2 N–H and O–H groups in total. The van der Waals surface area contributed by atoms with Crippen LogP contribution in [0.15, 0.2) is 59.7 Å². The van der Waals surface area contributed by atoms with E-state index in [-0.39, 0.29) is 0 Å². The van der Waals surface area contributed by atoms with Gasteiger partial charge in [-0.25, -0.2) is 0 Å². The third-order valence-electron chi connectivity index (χ3n) is 6.20. The standard InChI is InChI=1S/C26H28N2O2/c1-27-28-16-23-15-20(10-11-22(23)17-29)24-9-5-8-19-14-21(12-13-25(19)24)26(30)18-6-3-2-4-7-18/h5,8-18,26-27,30H,2-4,6-7H2,1H3/b28-16-. The molecule has 1 aliphatic carbocycles. The minimum absolute atomic E-state index is 0.365. The highest BCUT2D eigenvalue weighted by Gasteiger charge is 2.23. The van der Waals surface area contributed by atoms with Gasteiger partial charge in [-0.1, -0.05) is 61.7 Å². The van der Waals surface area contributed by atoms with Gasteiger partial charge in [0.1, 0.15) is 0 Å². The van der Waals surface area contributed by atoms with Gasteiger partial charge >= 0.3 is 0 Å². The van der Waals surface area contributed by atoms with Gasteiger partial charge in [-0.05, 0) is 58.4 Å². The molecule has 3 aromatic rings. The monoisotopic (exact) mass is 400 g/mol. The lowest BCUT2D eigenvalue weighted by Gasteiger charge is -2.27. The zero-order valence-corrected chi connectivity index (χ0v) is 17.3. The molecule has 1 fully saturated rings. The maximum Gasteiger partial charge on any atom is 0.150 e. The first-order chi connectivity index (χ1) is 14.7. The molecule has 1 atom stereocenters. The van der Waals surface area contributed by atoms with Gasteiger partial charge in [0.25, 0.3) is 0 Å². The SMILES string of the molecule is CN/N=C\c1cc(-c2cccc3cc(C(O)C4CCCCC4)ccc23)ccc1C=O. The first kappa shape index (κ1) is 20.3. The number of hydrogen-bond acceptors (Lipinski definition) is 4. The largest absolute Gasteiger partial charge is 0.388 e. The molecule has 0 heterocycles. The van der Waals surface area contributed by atoms with Crippen LogP contribution in [0.5, 0.6) is 0 Å². The second-order valence-electron chi connectivity index (χ2n) is 8.07.